The number of carbonyl (C=O) groups excluding carboxylic acids is 1. The van der Waals surface area contributed by atoms with Crippen molar-refractivity contribution in [3.8, 4) is 0 Å². The number of rotatable bonds is 3. The van der Waals surface area contributed by atoms with E-state index >= 15 is 0 Å². The van der Waals surface area contributed by atoms with Crippen molar-refractivity contribution in [1.82, 2.24) is 4.90 Å². The molecule has 4 rings (SSSR count). The first-order valence-electron chi connectivity index (χ1n) is 8.93. The van der Waals surface area contributed by atoms with Gasteiger partial charge >= 0.3 is 0 Å². The fourth-order valence-corrected chi connectivity index (χ4v) is 3.01. The molecule has 1 heterocycles. The molecule has 2 nitrogen and oxygen atoms in total. The minimum atomic E-state index is -0.160. The molecule has 133 valence electrons. The summed E-state index contributed by atoms with van der Waals surface area (Å²) in [6.45, 7) is 7.10. The van der Waals surface area contributed by atoms with Crippen LogP contribution >= 0.6 is 0 Å². The zero-order chi connectivity index (χ0) is 18.5. The van der Waals surface area contributed by atoms with Crippen molar-refractivity contribution in [2.75, 3.05) is 6.54 Å². The van der Waals surface area contributed by atoms with Crippen LogP contribution in [0.4, 0.5) is 4.39 Å². The van der Waals surface area contributed by atoms with Crippen LogP contribution in [0.1, 0.15) is 29.2 Å². The van der Waals surface area contributed by atoms with Gasteiger partial charge in [-0.25, -0.2) is 4.39 Å². The monoisotopic (exact) mass is 348 g/mol. The molecule has 0 atom stereocenters. The van der Waals surface area contributed by atoms with Crippen LogP contribution in [-0.4, -0.2) is 17.4 Å². The third-order valence-corrected chi connectivity index (χ3v) is 4.69. The quantitative estimate of drug-likeness (QED) is 0.733. The van der Waals surface area contributed by atoms with E-state index in [9.17, 15) is 9.18 Å². The van der Waals surface area contributed by atoms with Gasteiger partial charge in [0.25, 0.3) is 0 Å². The maximum Gasteiger partial charge on any atom is 0.246 e. The summed E-state index contributed by atoms with van der Waals surface area (Å²) in [5.74, 6) is -0.134. The Morgan fingerprint density at radius 1 is 1.19 bits per heavy atom. The molecule has 1 aliphatic carbocycles. The van der Waals surface area contributed by atoms with Gasteiger partial charge in [0.1, 0.15) is 5.82 Å². The lowest BCUT2D eigenvalue weighted by Gasteiger charge is -2.28. The molecule has 0 fully saturated rings. The maximum atomic E-state index is 12.2. The average Bonchev–Trinajstić information content (AvgIpc) is 3.53. The summed E-state index contributed by atoms with van der Waals surface area (Å²) < 4.78 is 12.2. The van der Waals surface area contributed by atoms with Crippen LogP contribution in [0.5, 0.6) is 0 Å². The molecule has 0 saturated carbocycles. The van der Waals surface area contributed by atoms with E-state index in [1.165, 1.54) is 46.0 Å². The number of fused-ring (bicyclic) bond motifs is 1. The van der Waals surface area contributed by atoms with Crippen molar-refractivity contribution >= 4 is 11.5 Å². The minimum absolute atomic E-state index is 0.0262. The van der Waals surface area contributed by atoms with Gasteiger partial charge in [0.05, 0.1) is 0 Å². The smallest absolute Gasteiger partial charge is 0.246 e. The van der Waals surface area contributed by atoms with Crippen LogP contribution < -0.4 is 0 Å². The van der Waals surface area contributed by atoms with E-state index in [-0.39, 0.29) is 11.7 Å². The third-order valence-electron chi connectivity index (χ3n) is 4.69. The van der Waals surface area contributed by atoms with E-state index in [0.29, 0.717) is 6.54 Å². The molecule has 0 spiro atoms. The molecule has 3 heteroatoms. The molecule has 1 radical (unpaired) electrons. The van der Waals surface area contributed by atoms with Gasteiger partial charge in [-0.3, -0.25) is 4.79 Å². The number of nitrogens with zero attached hydrogens (tertiary/aromatic N) is 1. The van der Waals surface area contributed by atoms with Crippen molar-refractivity contribution in [3.63, 3.8) is 0 Å². The van der Waals surface area contributed by atoms with Gasteiger partial charge in [-0.2, -0.15) is 0 Å². The SMILES string of the molecule is C=CC(=O)N1CCc2ccc(C3=C[CH]3)cc2C1.CCc1ccc(F)cc1. The zero-order valence-electron chi connectivity index (χ0n) is 15.0. The highest BCUT2D eigenvalue weighted by Gasteiger charge is 2.20. The number of aryl methyl sites for hydroxylation is 1. The van der Waals surface area contributed by atoms with Gasteiger partial charge in [-0.1, -0.05) is 43.8 Å². The van der Waals surface area contributed by atoms with Crippen LogP contribution in [0.15, 0.2) is 61.2 Å². The maximum absolute atomic E-state index is 12.2. The lowest BCUT2D eigenvalue weighted by Crippen LogP contribution is -2.34. The van der Waals surface area contributed by atoms with Crippen molar-refractivity contribution in [2.24, 2.45) is 0 Å². The van der Waals surface area contributed by atoms with Gasteiger partial charge < -0.3 is 4.90 Å². The number of benzene rings is 2. The Bertz CT molecular complexity index is 836. The Morgan fingerprint density at radius 3 is 2.54 bits per heavy atom. The zero-order valence-corrected chi connectivity index (χ0v) is 15.0. The largest absolute Gasteiger partial charge is 0.335 e. The van der Waals surface area contributed by atoms with Crippen molar-refractivity contribution < 1.29 is 9.18 Å². The van der Waals surface area contributed by atoms with Crippen molar-refractivity contribution in [3.05, 3.63) is 95.7 Å². The number of hydrogen-bond acceptors (Lipinski definition) is 1. The lowest BCUT2D eigenvalue weighted by atomic mass is 9.96. The molecule has 0 aromatic heterocycles. The van der Waals surface area contributed by atoms with Crippen LogP contribution in [0.2, 0.25) is 0 Å². The molecule has 2 aromatic rings. The topological polar surface area (TPSA) is 20.3 Å². The summed E-state index contributed by atoms with van der Waals surface area (Å²) in [6, 6.07) is 13.1. The Hall–Kier alpha value is -2.68. The van der Waals surface area contributed by atoms with E-state index in [4.69, 9.17) is 0 Å². The summed E-state index contributed by atoms with van der Waals surface area (Å²) in [6.07, 6.45) is 7.53. The summed E-state index contributed by atoms with van der Waals surface area (Å²) in [5, 5.41) is 0. The van der Waals surface area contributed by atoms with Gasteiger partial charge in [-0.15, -0.1) is 0 Å². The highest BCUT2D eigenvalue weighted by atomic mass is 19.1. The normalized spacial score (nSPS) is 14.5. The Morgan fingerprint density at radius 2 is 1.92 bits per heavy atom. The second kappa shape index (κ2) is 8.13. The van der Waals surface area contributed by atoms with Crippen molar-refractivity contribution in [2.45, 2.75) is 26.3 Å². The van der Waals surface area contributed by atoms with Gasteiger partial charge in [0.2, 0.25) is 5.91 Å². The summed E-state index contributed by atoms with van der Waals surface area (Å²) in [4.78, 5) is 13.4. The fraction of sp³-hybridized carbons (Fsp3) is 0.217. The Labute approximate surface area is 154 Å². The Balaban J connectivity index is 0.000000185. The first-order valence-corrected chi connectivity index (χ1v) is 8.93. The standard InChI is InChI=1S/C15H14NO.C8H9F/c1-2-15(17)16-8-7-12-5-6-13(11-3-4-11)9-14(12)10-16;1-2-7-3-5-8(9)6-4-7/h2-6,9H,1,7-8,10H2;3-6H,2H2,1H3. The summed E-state index contributed by atoms with van der Waals surface area (Å²) in [7, 11) is 0. The van der Waals surface area contributed by atoms with Gasteiger partial charge in [0, 0.05) is 19.5 Å². The molecule has 0 unspecified atom stereocenters. The van der Waals surface area contributed by atoms with E-state index in [2.05, 4.69) is 37.3 Å². The Kier molecular flexibility index (Phi) is 5.67. The molecule has 2 aliphatic rings. The molecular formula is C23H23FNO. The number of amides is 1. The molecule has 1 aliphatic heterocycles. The number of hydrogen-bond donors (Lipinski definition) is 0. The first-order chi connectivity index (χ1) is 12.6. The highest BCUT2D eigenvalue weighted by Crippen LogP contribution is 2.32. The molecule has 0 N–H and O–H groups in total. The molecule has 1 amide bonds. The molecule has 2 aromatic carbocycles. The van der Waals surface area contributed by atoms with E-state index in [1.807, 2.05) is 11.8 Å². The predicted octanol–water partition coefficient (Wildman–Crippen LogP) is 4.75. The molecule has 26 heavy (non-hydrogen) atoms. The summed E-state index contributed by atoms with van der Waals surface area (Å²) in [5.41, 5.74) is 6.38. The average molecular weight is 348 g/mol. The van der Waals surface area contributed by atoms with Crippen LogP contribution in [-0.2, 0) is 24.2 Å². The molecular weight excluding hydrogens is 325 g/mol. The van der Waals surface area contributed by atoms with E-state index in [1.54, 1.807) is 12.1 Å². The second-order valence-electron chi connectivity index (χ2n) is 6.47. The fourth-order valence-electron chi connectivity index (χ4n) is 3.01. The third kappa shape index (κ3) is 4.48. The van der Waals surface area contributed by atoms with Crippen LogP contribution in [0.25, 0.3) is 5.57 Å². The number of allylic oxidation sites excluding steroid dienone is 2. The lowest BCUT2D eigenvalue weighted by molar-refractivity contribution is -0.126. The van der Waals surface area contributed by atoms with Crippen molar-refractivity contribution in [1.29, 1.82) is 0 Å². The highest BCUT2D eigenvalue weighted by molar-refractivity contribution is 5.88. The van der Waals surface area contributed by atoms with Crippen LogP contribution in [0, 0.1) is 12.2 Å². The first kappa shape index (κ1) is 18.1. The number of halogens is 1. The number of carbonyl (C=O) groups is 1. The predicted molar refractivity (Wildman–Crippen MR) is 104 cm³/mol. The van der Waals surface area contributed by atoms with Crippen LogP contribution in [0.3, 0.4) is 0 Å². The summed E-state index contributed by atoms with van der Waals surface area (Å²) >= 11 is 0. The van der Waals surface area contributed by atoms with Gasteiger partial charge in [-0.05, 0) is 64.9 Å². The second-order valence-corrected chi connectivity index (χ2v) is 6.47. The van der Waals surface area contributed by atoms with E-state index < -0.39 is 0 Å². The molecule has 0 saturated heterocycles. The van der Waals surface area contributed by atoms with Gasteiger partial charge in [0.15, 0.2) is 0 Å². The van der Waals surface area contributed by atoms with E-state index in [0.717, 1.165) is 19.4 Å². The molecule has 0 bridgehead atoms. The minimum Gasteiger partial charge on any atom is -0.335 e.